The standard InChI is InChI=1S/C14H19F2N/c1-9-7-8-11(14(16)13(9)15)10-5-3-4-6-12(10)17-2/h7-8,10,12,17H,3-6H2,1-2H3. The fraction of sp³-hybridized carbons (Fsp3) is 0.571. The lowest BCUT2D eigenvalue weighted by Gasteiger charge is -2.32. The third kappa shape index (κ3) is 2.34. The van der Waals surface area contributed by atoms with Gasteiger partial charge in [-0.15, -0.1) is 0 Å². The van der Waals surface area contributed by atoms with Gasteiger partial charge in [-0.1, -0.05) is 25.0 Å². The van der Waals surface area contributed by atoms with E-state index in [1.54, 1.807) is 19.1 Å². The summed E-state index contributed by atoms with van der Waals surface area (Å²) >= 11 is 0. The fourth-order valence-corrected chi connectivity index (χ4v) is 2.80. The van der Waals surface area contributed by atoms with Crippen molar-refractivity contribution in [1.29, 1.82) is 0 Å². The van der Waals surface area contributed by atoms with Crippen molar-refractivity contribution in [2.45, 2.75) is 44.6 Å². The Morgan fingerprint density at radius 3 is 2.53 bits per heavy atom. The summed E-state index contributed by atoms with van der Waals surface area (Å²) in [5.41, 5.74) is 0.912. The average Bonchev–Trinajstić information content (AvgIpc) is 2.36. The highest BCUT2D eigenvalue weighted by Gasteiger charge is 2.28. The van der Waals surface area contributed by atoms with E-state index in [2.05, 4.69) is 5.32 Å². The molecule has 0 heterocycles. The molecule has 94 valence electrons. The number of aryl methyl sites for hydroxylation is 1. The fourth-order valence-electron chi connectivity index (χ4n) is 2.80. The van der Waals surface area contributed by atoms with Crippen LogP contribution in [0.3, 0.4) is 0 Å². The van der Waals surface area contributed by atoms with Gasteiger partial charge in [0.2, 0.25) is 0 Å². The molecule has 1 nitrogen and oxygen atoms in total. The minimum absolute atomic E-state index is 0.101. The van der Waals surface area contributed by atoms with E-state index in [0.717, 1.165) is 25.7 Å². The molecule has 2 unspecified atom stereocenters. The largest absolute Gasteiger partial charge is 0.316 e. The van der Waals surface area contributed by atoms with Gasteiger partial charge in [-0.25, -0.2) is 8.78 Å². The summed E-state index contributed by atoms with van der Waals surface area (Å²) in [5, 5.41) is 3.22. The van der Waals surface area contributed by atoms with Crippen molar-refractivity contribution in [1.82, 2.24) is 5.32 Å². The number of hydrogen-bond acceptors (Lipinski definition) is 1. The Labute approximate surface area is 101 Å². The van der Waals surface area contributed by atoms with Gasteiger partial charge >= 0.3 is 0 Å². The van der Waals surface area contributed by atoms with Crippen LogP contribution in [-0.4, -0.2) is 13.1 Å². The predicted molar refractivity (Wildman–Crippen MR) is 65.2 cm³/mol. The molecule has 1 fully saturated rings. The molecule has 2 atom stereocenters. The summed E-state index contributed by atoms with van der Waals surface area (Å²) < 4.78 is 27.5. The van der Waals surface area contributed by atoms with E-state index < -0.39 is 11.6 Å². The van der Waals surface area contributed by atoms with Gasteiger partial charge in [0.1, 0.15) is 0 Å². The zero-order valence-corrected chi connectivity index (χ0v) is 10.4. The molecule has 0 aromatic heterocycles. The maximum atomic E-state index is 14.0. The quantitative estimate of drug-likeness (QED) is 0.832. The molecule has 0 spiro atoms. The normalized spacial score (nSPS) is 24.9. The van der Waals surface area contributed by atoms with E-state index in [4.69, 9.17) is 0 Å². The molecular formula is C14H19F2N. The van der Waals surface area contributed by atoms with Crippen LogP contribution in [0.25, 0.3) is 0 Å². The third-order valence-corrected chi connectivity index (χ3v) is 3.84. The Bertz CT molecular complexity index is 403. The van der Waals surface area contributed by atoms with E-state index in [1.165, 1.54) is 0 Å². The number of hydrogen-bond donors (Lipinski definition) is 1. The summed E-state index contributed by atoms with van der Waals surface area (Å²) in [4.78, 5) is 0. The van der Waals surface area contributed by atoms with Gasteiger partial charge in [-0.3, -0.25) is 0 Å². The van der Waals surface area contributed by atoms with Crippen LogP contribution in [0.15, 0.2) is 12.1 Å². The number of rotatable bonds is 2. The molecule has 0 radical (unpaired) electrons. The van der Waals surface area contributed by atoms with Gasteiger partial charge in [-0.05, 0) is 37.9 Å². The first-order chi connectivity index (χ1) is 8.15. The molecule has 0 saturated heterocycles. The highest BCUT2D eigenvalue weighted by molar-refractivity contribution is 5.29. The molecule has 1 aromatic rings. The van der Waals surface area contributed by atoms with Crippen LogP contribution in [-0.2, 0) is 0 Å². The first-order valence-electron chi connectivity index (χ1n) is 6.27. The van der Waals surface area contributed by atoms with Crippen molar-refractivity contribution in [2.24, 2.45) is 0 Å². The van der Waals surface area contributed by atoms with Crippen molar-refractivity contribution in [3.05, 3.63) is 34.9 Å². The van der Waals surface area contributed by atoms with E-state index in [0.29, 0.717) is 11.1 Å². The molecule has 1 saturated carbocycles. The smallest absolute Gasteiger partial charge is 0.162 e. The Morgan fingerprint density at radius 2 is 1.82 bits per heavy atom. The molecule has 2 rings (SSSR count). The van der Waals surface area contributed by atoms with Crippen molar-refractivity contribution in [2.75, 3.05) is 7.05 Å². The number of nitrogens with one attached hydrogen (secondary N) is 1. The van der Waals surface area contributed by atoms with Gasteiger partial charge in [0.05, 0.1) is 0 Å². The maximum Gasteiger partial charge on any atom is 0.162 e. The van der Waals surface area contributed by atoms with E-state index in [1.807, 2.05) is 7.05 Å². The summed E-state index contributed by atoms with van der Waals surface area (Å²) in [5.74, 6) is -1.25. The zero-order chi connectivity index (χ0) is 12.4. The maximum absolute atomic E-state index is 14.0. The zero-order valence-electron chi connectivity index (χ0n) is 10.4. The summed E-state index contributed by atoms with van der Waals surface area (Å²) in [6.45, 7) is 1.60. The first kappa shape index (κ1) is 12.5. The number of likely N-dealkylation sites (N-methyl/N-ethyl adjacent to an activating group) is 1. The Kier molecular flexibility index (Phi) is 3.77. The van der Waals surface area contributed by atoms with Crippen LogP contribution in [0.5, 0.6) is 0 Å². The Hall–Kier alpha value is -0.960. The monoisotopic (exact) mass is 239 g/mol. The molecule has 1 aliphatic rings. The molecule has 0 bridgehead atoms. The third-order valence-electron chi connectivity index (χ3n) is 3.84. The lowest BCUT2D eigenvalue weighted by molar-refractivity contribution is 0.333. The van der Waals surface area contributed by atoms with Crippen molar-refractivity contribution < 1.29 is 8.78 Å². The van der Waals surface area contributed by atoms with Gasteiger partial charge in [0.25, 0.3) is 0 Å². The van der Waals surface area contributed by atoms with E-state index in [-0.39, 0.29) is 12.0 Å². The second kappa shape index (κ2) is 5.13. The first-order valence-corrected chi connectivity index (χ1v) is 6.27. The van der Waals surface area contributed by atoms with Crippen LogP contribution in [0.4, 0.5) is 8.78 Å². The topological polar surface area (TPSA) is 12.0 Å². The van der Waals surface area contributed by atoms with Crippen LogP contribution < -0.4 is 5.32 Å². The highest BCUT2D eigenvalue weighted by Crippen LogP contribution is 2.35. The van der Waals surface area contributed by atoms with Gasteiger partial charge in [0, 0.05) is 12.0 Å². The number of benzene rings is 1. The molecule has 1 N–H and O–H groups in total. The van der Waals surface area contributed by atoms with Crippen molar-refractivity contribution in [3.63, 3.8) is 0 Å². The van der Waals surface area contributed by atoms with E-state index >= 15 is 0 Å². The molecule has 17 heavy (non-hydrogen) atoms. The van der Waals surface area contributed by atoms with Crippen LogP contribution >= 0.6 is 0 Å². The molecule has 1 aliphatic carbocycles. The Morgan fingerprint density at radius 1 is 1.12 bits per heavy atom. The molecule has 1 aromatic carbocycles. The van der Waals surface area contributed by atoms with Crippen molar-refractivity contribution in [3.8, 4) is 0 Å². The summed E-state index contributed by atoms with van der Waals surface area (Å²) in [6.07, 6.45) is 4.23. The van der Waals surface area contributed by atoms with Gasteiger partial charge < -0.3 is 5.32 Å². The lowest BCUT2D eigenvalue weighted by atomic mass is 9.79. The molecule has 3 heteroatoms. The molecule has 0 aliphatic heterocycles. The second-order valence-electron chi connectivity index (χ2n) is 4.89. The van der Waals surface area contributed by atoms with Crippen LogP contribution in [0, 0.1) is 18.6 Å². The lowest BCUT2D eigenvalue weighted by Crippen LogP contribution is -2.35. The van der Waals surface area contributed by atoms with Crippen molar-refractivity contribution >= 4 is 0 Å². The molecular weight excluding hydrogens is 220 g/mol. The molecule has 0 amide bonds. The van der Waals surface area contributed by atoms with Crippen LogP contribution in [0.2, 0.25) is 0 Å². The minimum Gasteiger partial charge on any atom is -0.316 e. The predicted octanol–water partition coefficient (Wildman–Crippen LogP) is 3.52. The van der Waals surface area contributed by atoms with Gasteiger partial charge in [0.15, 0.2) is 11.6 Å². The Balaban J connectivity index is 2.35. The average molecular weight is 239 g/mol. The summed E-state index contributed by atoms with van der Waals surface area (Å²) in [7, 11) is 1.89. The van der Waals surface area contributed by atoms with Gasteiger partial charge in [-0.2, -0.15) is 0 Å². The SMILES string of the molecule is CNC1CCCCC1c1ccc(C)c(F)c1F. The second-order valence-corrected chi connectivity index (χ2v) is 4.89. The highest BCUT2D eigenvalue weighted by atomic mass is 19.2. The van der Waals surface area contributed by atoms with E-state index in [9.17, 15) is 8.78 Å². The number of halogens is 2. The van der Waals surface area contributed by atoms with Crippen LogP contribution in [0.1, 0.15) is 42.7 Å². The summed E-state index contributed by atoms with van der Waals surface area (Å²) in [6, 6.07) is 3.68. The minimum atomic E-state index is -0.692.